The largest absolute Gasteiger partial charge is 0.355 e. The lowest BCUT2D eigenvalue weighted by molar-refractivity contribution is 0.935. The first kappa shape index (κ1) is 13.4. The Balaban J connectivity index is 2.42. The molecule has 0 aliphatic rings. The molecule has 1 heterocycles. The van der Waals surface area contributed by atoms with Crippen LogP contribution in [0.3, 0.4) is 0 Å². The van der Waals surface area contributed by atoms with Crippen LogP contribution in [0.4, 0.5) is 5.95 Å². The molecule has 0 saturated carbocycles. The molecule has 0 fully saturated rings. The van der Waals surface area contributed by atoms with Crippen LogP contribution in [-0.2, 0) is 0 Å². The summed E-state index contributed by atoms with van der Waals surface area (Å²) in [6.07, 6.45) is 3.07. The van der Waals surface area contributed by atoms with Gasteiger partial charge in [0.1, 0.15) is 0 Å². The summed E-state index contributed by atoms with van der Waals surface area (Å²) < 4.78 is 2.98. The lowest BCUT2D eigenvalue weighted by Crippen LogP contribution is -2.07. The van der Waals surface area contributed by atoms with Crippen molar-refractivity contribution in [1.29, 1.82) is 0 Å². The fraction of sp³-hybridized carbons (Fsp3) is 0.308. The van der Waals surface area contributed by atoms with Crippen molar-refractivity contribution in [3.63, 3.8) is 0 Å². The van der Waals surface area contributed by atoms with Crippen LogP contribution in [0.5, 0.6) is 0 Å². The molecular weight excluding hydrogens is 314 g/mol. The van der Waals surface area contributed by atoms with Crippen molar-refractivity contribution in [2.75, 3.05) is 11.9 Å². The van der Waals surface area contributed by atoms with Crippen LogP contribution in [0.2, 0.25) is 5.02 Å². The molecule has 0 radical (unpaired) electrons. The van der Waals surface area contributed by atoms with Gasteiger partial charge in [-0.1, -0.05) is 18.5 Å². The first-order chi connectivity index (χ1) is 8.61. The summed E-state index contributed by atoms with van der Waals surface area (Å²) in [5, 5.41) is 4.04. The second-order valence-electron chi connectivity index (χ2n) is 4.10. The number of imidazole rings is 1. The summed E-state index contributed by atoms with van der Waals surface area (Å²) >= 11 is 9.50. The number of nitrogens with zero attached hydrogens (tertiary/aromatic N) is 2. The Morgan fingerprint density at radius 2 is 2.22 bits per heavy atom. The number of anilines is 1. The maximum Gasteiger partial charge on any atom is 0.207 e. The number of benzene rings is 1. The molecule has 5 heteroatoms. The number of halogens is 2. The predicted octanol–water partition coefficient (Wildman–Crippen LogP) is 4.42. The molecule has 0 bridgehead atoms. The van der Waals surface area contributed by atoms with Gasteiger partial charge in [0.25, 0.3) is 0 Å². The van der Waals surface area contributed by atoms with Gasteiger partial charge in [-0.05, 0) is 47.5 Å². The highest BCUT2D eigenvalue weighted by Gasteiger charge is 2.10. The Kier molecular flexibility index (Phi) is 4.30. The van der Waals surface area contributed by atoms with Gasteiger partial charge in [-0.3, -0.25) is 4.57 Å². The number of hydrogen-bond acceptors (Lipinski definition) is 2. The molecule has 0 saturated heterocycles. The SMILES string of the molecule is CCCNc1nc(C)cn1-c1ccc(Cl)cc1Br. The second-order valence-corrected chi connectivity index (χ2v) is 5.39. The molecule has 3 nitrogen and oxygen atoms in total. The molecule has 0 spiro atoms. The first-order valence-electron chi connectivity index (χ1n) is 5.87. The maximum atomic E-state index is 5.96. The Labute approximate surface area is 120 Å². The summed E-state index contributed by atoms with van der Waals surface area (Å²) in [7, 11) is 0. The van der Waals surface area contributed by atoms with Gasteiger partial charge in [-0.15, -0.1) is 0 Å². The highest BCUT2D eigenvalue weighted by atomic mass is 79.9. The van der Waals surface area contributed by atoms with E-state index in [0.717, 1.165) is 34.8 Å². The zero-order valence-electron chi connectivity index (χ0n) is 10.4. The molecule has 1 aromatic heterocycles. The van der Waals surface area contributed by atoms with Gasteiger partial charge in [0.15, 0.2) is 0 Å². The summed E-state index contributed by atoms with van der Waals surface area (Å²) in [6, 6.07) is 5.74. The number of hydrogen-bond donors (Lipinski definition) is 1. The lowest BCUT2D eigenvalue weighted by atomic mass is 10.3. The minimum absolute atomic E-state index is 0.713. The average Bonchev–Trinajstić information content (AvgIpc) is 2.67. The van der Waals surface area contributed by atoms with Crippen LogP contribution < -0.4 is 5.32 Å². The fourth-order valence-electron chi connectivity index (χ4n) is 1.72. The average molecular weight is 329 g/mol. The van der Waals surface area contributed by atoms with Crippen molar-refractivity contribution in [2.45, 2.75) is 20.3 Å². The topological polar surface area (TPSA) is 29.9 Å². The Morgan fingerprint density at radius 3 is 2.89 bits per heavy atom. The summed E-state index contributed by atoms with van der Waals surface area (Å²) in [5.74, 6) is 0.859. The van der Waals surface area contributed by atoms with Crippen LogP contribution in [0.15, 0.2) is 28.9 Å². The van der Waals surface area contributed by atoms with E-state index in [1.165, 1.54) is 0 Å². The molecule has 1 N–H and O–H groups in total. The third kappa shape index (κ3) is 2.87. The summed E-state index contributed by atoms with van der Waals surface area (Å²) in [6.45, 7) is 5.02. The zero-order chi connectivity index (χ0) is 13.1. The van der Waals surface area contributed by atoms with Crippen LogP contribution in [0.1, 0.15) is 19.0 Å². The van der Waals surface area contributed by atoms with Crippen molar-refractivity contribution >= 4 is 33.5 Å². The summed E-state index contributed by atoms with van der Waals surface area (Å²) in [4.78, 5) is 4.49. The van der Waals surface area contributed by atoms with Crippen molar-refractivity contribution in [3.8, 4) is 5.69 Å². The molecular formula is C13H15BrClN3. The van der Waals surface area contributed by atoms with E-state index in [2.05, 4.69) is 33.2 Å². The Hall–Kier alpha value is -1.000. The molecule has 2 rings (SSSR count). The third-order valence-corrected chi connectivity index (χ3v) is 3.40. The first-order valence-corrected chi connectivity index (χ1v) is 7.04. The van der Waals surface area contributed by atoms with Gasteiger partial charge in [0.05, 0.1) is 11.4 Å². The smallest absolute Gasteiger partial charge is 0.207 e. The molecule has 0 amide bonds. The minimum Gasteiger partial charge on any atom is -0.355 e. The molecule has 2 aromatic rings. The number of aromatic nitrogens is 2. The predicted molar refractivity (Wildman–Crippen MR) is 79.8 cm³/mol. The van der Waals surface area contributed by atoms with Gasteiger partial charge < -0.3 is 5.32 Å². The van der Waals surface area contributed by atoms with E-state index in [-0.39, 0.29) is 0 Å². The van der Waals surface area contributed by atoms with Crippen LogP contribution >= 0.6 is 27.5 Å². The molecule has 96 valence electrons. The van der Waals surface area contributed by atoms with Gasteiger partial charge in [0, 0.05) is 22.2 Å². The van der Waals surface area contributed by atoms with E-state index in [1.54, 1.807) is 0 Å². The van der Waals surface area contributed by atoms with Gasteiger partial charge in [-0.25, -0.2) is 4.98 Å². The van der Waals surface area contributed by atoms with Crippen molar-refractivity contribution < 1.29 is 0 Å². The monoisotopic (exact) mass is 327 g/mol. The molecule has 18 heavy (non-hydrogen) atoms. The normalized spacial score (nSPS) is 10.7. The van der Waals surface area contributed by atoms with Crippen molar-refractivity contribution in [3.05, 3.63) is 39.6 Å². The molecule has 0 aliphatic carbocycles. The van der Waals surface area contributed by atoms with Gasteiger partial charge in [-0.2, -0.15) is 0 Å². The lowest BCUT2D eigenvalue weighted by Gasteiger charge is -2.11. The Bertz CT molecular complexity index is 551. The fourth-order valence-corrected chi connectivity index (χ4v) is 2.59. The molecule has 0 atom stereocenters. The van der Waals surface area contributed by atoms with Crippen molar-refractivity contribution in [2.24, 2.45) is 0 Å². The van der Waals surface area contributed by atoms with Gasteiger partial charge >= 0.3 is 0 Å². The van der Waals surface area contributed by atoms with Gasteiger partial charge in [0.2, 0.25) is 5.95 Å². The van der Waals surface area contributed by atoms with E-state index in [0.29, 0.717) is 5.02 Å². The number of aryl methyl sites for hydroxylation is 1. The molecule has 0 aliphatic heterocycles. The minimum atomic E-state index is 0.713. The van der Waals surface area contributed by atoms with E-state index in [1.807, 2.05) is 35.9 Å². The number of nitrogens with one attached hydrogen (secondary N) is 1. The number of rotatable bonds is 4. The second kappa shape index (κ2) is 5.76. The molecule has 1 aromatic carbocycles. The van der Waals surface area contributed by atoms with E-state index >= 15 is 0 Å². The quantitative estimate of drug-likeness (QED) is 0.900. The van der Waals surface area contributed by atoms with Crippen LogP contribution in [0.25, 0.3) is 5.69 Å². The van der Waals surface area contributed by atoms with E-state index in [4.69, 9.17) is 11.6 Å². The summed E-state index contributed by atoms with van der Waals surface area (Å²) in [5.41, 5.74) is 2.01. The maximum absolute atomic E-state index is 5.96. The van der Waals surface area contributed by atoms with Crippen LogP contribution in [0, 0.1) is 6.92 Å². The van der Waals surface area contributed by atoms with Crippen molar-refractivity contribution in [1.82, 2.24) is 9.55 Å². The third-order valence-electron chi connectivity index (χ3n) is 2.53. The van der Waals surface area contributed by atoms with E-state index < -0.39 is 0 Å². The standard InChI is InChI=1S/C13H15BrClN3/c1-3-6-16-13-17-9(2)8-18(13)12-5-4-10(15)7-11(12)14/h4-5,7-8H,3,6H2,1-2H3,(H,16,17). The highest BCUT2D eigenvalue weighted by Crippen LogP contribution is 2.27. The highest BCUT2D eigenvalue weighted by molar-refractivity contribution is 9.10. The van der Waals surface area contributed by atoms with Crippen LogP contribution in [-0.4, -0.2) is 16.1 Å². The molecule has 0 unspecified atom stereocenters. The Morgan fingerprint density at radius 1 is 1.44 bits per heavy atom. The van der Waals surface area contributed by atoms with E-state index in [9.17, 15) is 0 Å². The zero-order valence-corrected chi connectivity index (χ0v) is 12.7.